The lowest BCUT2D eigenvalue weighted by atomic mass is 9.44. The number of carbonyl (C=O) groups is 2. The maximum absolute atomic E-state index is 17.5. The molecular formula is C30H38F2N2O5. The van der Waals surface area contributed by atoms with E-state index < -0.39 is 70.1 Å². The molecule has 3 saturated carbocycles. The van der Waals surface area contributed by atoms with Gasteiger partial charge in [-0.2, -0.15) is 0 Å². The van der Waals surface area contributed by atoms with Crippen molar-refractivity contribution in [1.82, 2.24) is 4.90 Å². The maximum Gasteiger partial charge on any atom is 0.339 e. The largest absolute Gasteiger partial charge is 0.444 e. The molecule has 1 aromatic carbocycles. The van der Waals surface area contributed by atoms with Gasteiger partial charge in [0.05, 0.1) is 17.8 Å². The predicted molar refractivity (Wildman–Crippen MR) is 142 cm³/mol. The average molecular weight is 545 g/mol. The highest BCUT2D eigenvalue weighted by Crippen LogP contribution is 2.71. The van der Waals surface area contributed by atoms with Crippen LogP contribution in [-0.2, 0) is 9.53 Å². The molecule has 10 atom stereocenters. The summed E-state index contributed by atoms with van der Waals surface area (Å²) < 4.78 is 39.6. The van der Waals surface area contributed by atoms with Crippen molar-refractivity contribution in [1.29, 1.82) is 0 Å². The monoisotopic (exact) mass is 544 g/mol. The number of nitrogens with zero attached hydrogens (tertiary/aromatic N) is 1. The number of alkyl halides is 2. The first-order valence-electron chi connectivity index (χ1n) is 13.5. The van der Waals surface area contributed by atoms with Crippen molar-refractivity contribution in [2.24, 2.45) is 28.6 Å². The van der Waals surface area contributed by atoms with Gasteiger partial charge in [0.25, 0.3) is 5.91 Å². The van der Waals surface area contributed by atoms with Gasteiger partial charge in [0, 0.05) is 42.4 Å². The second-order valence-corrected chi connectivity index (χ2v) is 12.6. The van der Waals surface area contributed by atoms with Crippen LogP contribution in [0.5, 0.6) is 0 Å². The number of rotatable bonds is 3. The summed E-state index contributed by atoms with van der Waals surface area (Å²) in [6.45, 7) is 5.13. The van der Waals surface area contributed by atoms with Crippen LogP contribution < -0.4 is 5.73 Å². The molecule has 0 bridgehead atoms. The fraction of sp³-hybridized carbons (Fsp3) is 0.600. The van der Waals surface area contributed by atoms with E-state index in [1.807, 2.05) is 0 Å². The second kappa shape index (κ2) is 8.86. The molecule has 0 saturated heterocycles. The third-order valence-corrected chi connectivity index (χ3v) is 10.4. The van der Waals surface area contributed by atoms with Gasteiger partial charge in [-0.1, -0.05) is 32.1 Å². The van der Waals surface area contributed by atoms with E-state index in [4.69, 9.17) is 10.5 Å². The summed E-state index contributed by atoms with van der Waals surface area (Å²) in [5.41, 5.74) is -0.115. The summed E-state index contributed by atoms with van der Waals surface area (Å²) in [6.07, 6.45) is 0.00943. The van der Waals surface area contributed by atoms with Crippen molar-refractivity contribution in [2.75, 3.05) is 19.8 Å². The summed E-state index contributed by atoms with van der Waals surface area (Å²) in [7, 11) is 3.13. The maximum atomic E-state index is 17.5. The van der Waals surface area contributed by atoms with Crippen molar-refractivity contribution in [3.8, 4) is 0 Å². The zero-order chi connectivity index (χ0) is 28.7. The van der Waals surface area contributed by atoms with E-state index in [1.165, 1.54) is 29.2 Å². The number of ether oxygens (including phenoxy) is 1. The van der Waals surface area contributed by atoms with Crippen molar-refractivity contribution in [2.45, 2.75) is 69.7 Å². The summed E-state index contributed by atoms with van der Waals surface area (Å²) in [4.78, 5) is 28.9. The van der Waals surface area contributed by atoms with E-state index in [0.717, 1.165) is 0 Å². The molecule has 0 spiro atoms. The molecule has 0 heterocycles. The first kappa shape index (κ1) is 27.8. The third kappa shape index (κ3) is 3.51. The molecule has 0 radical (unpaired) electrons. The molecule has 9 heteroatoms. The van der Waals surface area contributed by atoms with Gasteiger partial charge in [-0.3, -0.25) is 4.79 Å². The van der Waals surface area contributed by atoms with Crippen LogP contribution in [0.25, 0.3) is 0 Å². The van der Waals surface area contributed by atoms with Crippen LogP contribution in [0.4, 0.5) is 14.5 Å². The van der Waals surface area contributed by atoms with Gasteiger partial charge in [0.15, 0.2) is 11.3 Å². The summed E-state index contributed by atoms with van der Waals surface area (Å²) in [5.74, 6) is -3.29. The second-order valence-electron chi connectivity index (χ2n) is 12.6. The van der Waals surface area contributed by atoms with E-state index >= 15 is 8.78 Å². The third-order valence-electron chi connectivity index (χ3n) is 10.4. The van der Waals surface area contributed by atoms with Crippen molar-refractivity contribution < 1.29 is 33.3 Å². The Kier molecular flexibility index (Phi) is 6.31. The van der Waals surface area contributed by atoms with Crippen LogP contribution in [0, 0.1) is 28.6 Å². The number of carbonyl (C=O) groups excluding carboxylic acids is 2. The molecule has 212 valence electrons. The zero-order valence-corrected chi connectivity index (χ0v) is 23.0. The lowest BCUT2D eigenvalue weighted by Crippen LogP contribution is -2.71. The highest BCUT2D eigenvalue weighted by atomic mass is 19.1. The average Bonchev–Trinajstić information content (AvgIpc) is 3.08. The Morgan fingerprint density at radius 1 is 1.15 bits per heavy atom. The van der Waals surface area contributed by atoms with Gasteiger partial charge >= 0.3 is 5.97 Å². The van der Waals surface area contributed by atoms with Crippen molar-refractivity contribution >= 4 is 17.6 Å². The Bertz CT molecular complexity index is 1270. The van der Waals surface area contributed by atoms with Gasteiger partial charge < -0.3 is 25.6 Å². The number of esters is 1. The Balaban J connectivity index is 1.64. The SMILES string of the molecule is C[C@@H]1C[C@H]2[C@@H]3C[C@H](F)C4=CC(O)C=C[C@]4(C)[C@@]3(F)[C@@H](O)C[C@]2(C)[C@@]1(OC(=O)c1cccc(N)c1)C(=O)N(C)C. The minimum atomic E-state index is -2.25. The number of hydrogen-bond acceptors (Lipinski definition) is 6. The number of amides is 1. The number of allylic oxidation sites excluding steroid dienone is 2. The highest BCUT2D eigenvalue weighted by Gasteiger charge is 2.78. The normalized spacial score (nSPS) is 44.5. The lowest BCUT2D eigenvalue weighted by molar-refractivity contribution is -0.226. The number of hydrogen-bond donors (Lipinski definition) is 3. The van der Waals surface area contributed by atoms with Crippen LogP contribution in [0.1, 0.15) is 50.4 Å². The minimum Gasteiger partial charge on any atom is -0.444 e. The van der Waals surface area contributed by atoms with Crippen LogP contribution >= 0.6 is 0 Å². The molecule has 4 N–H and O–H groups in total. The molecular weight excluding hydrogens is 506 g/mol. The fourth-order valence-electron chi connectivity index (χ4n) is 8.56. The predicted octanol–water partition coefficient (Wildman–Crippen LogP) is 3.61. The van der Waals surface area contributed by atoms with E-state index in [1.54, 1.807) is 53.1 Å². The van der Waals surface area contributed by atoms with E-state index in [0.29, 0.717) is 12.1 Å². The van der Waals surface area contributed by atoms with Crippen LogP contribution in [-0.4, -0.2) is 70.7 Å². The molecule has 7 nitrogen and oxygen atoms in total. The molecule has 0 aromatic heterocycles. The molecule has 3 fully saturated rings. The van der Waals surface area contributed by atoms with Crippen LogP contribution in [0.15, 0.2) is 48.1 Å². The van der Waals surface area contributed by atoms with E-state index in [9.17, 15) is 19.8 Å². The van der Waals surface area contributed by atoms with E-state index in [-0.39, 0.29) is 24.0 Å². The van der Waals surface area contributed by atoms with Crippen molar-refractivity contribution in [3.05, 3.63) is 53.6 Å². The Hall–Kier alpha value is -2.78. The molecule has 5 rings (SSSR count). The topological polar surface area (TPSA) is 113 Å². The lowest BCUT2D eigenvalue weighted by Gasteiger charge is -2.63. The molecule has 1 unspecified atom stereocenters. The quantitative estimate of drug-likeness (QED) is 0.305. The first-order valence-corrected chi connectivity index (χ1v) is 13.5. The number of fused-ring (bicyclic) bond motifs is 5. The van der Waals surface area contributed by atoms with Gasteiger partial charge in [-0.05, 0) is 62.0 Å². The molecule has 1 amide bonds. The highest BCUT2D eigenvalue weighted by molar-refractivity contribution is 5.95. The summed E-state index contributed by atoms with van der Waals surface area (Å²) >= 11 is 0. The number of benzene rings is 1. The Morgan fingerprint density at radius 2 is 1.85 bits per heavy atom. The number of anilines is 1. The summed E-state index contributed by atoms with van der Waals surface area (Å²) in [6, 6.07) is 6.25. The van der Waals surface area contributed by atoms with Crippen molar-refractivity contribution in [3.63, 3.8) is 0 Å². The Morgan fingerprint density at radius 3 is 2.49 bits per heavy atom. The smallest absolute Gasteiger partial charge is 0.339 e. The van der Waals surface area contributed by atoms with Gasteiger partial charge in [-0.25, -0.2) is 13.6 Å². The van der Waals surface area contributed by atoms with E-state index in [2.05, 4.69) is 0 Å². The van der Waals surface area contributed by atoms with Gasteiger partial charge in [0.2, 0.25) is 0 Å². The number of likely N-dealkylation sites (N-methyl/N-ethyl adjacent to an activating group) is 1. The Labute approximate surface area is 227 Å². The number of nitrogen functional groups attached to an aromatic ring is 1. The molecule has 4 aliphatic carbocycles. The van der Waals surface area contributed by atoms with Gasteiger partial charge in [0.1, 0.15) is 6.17 Å². The van der Waals surface area contributed by atoms with Gasteiger partial charge in [-0.15, -0.1) is 0 Å². The summed E-state index contributed by atoms with van der Waals surface area (Å²) in [5, 5.41) is 21.8. The number of aliphatic hydroxyl groups is 2. The minimum absolute atomic E-state index is 0.133. The number of nitrogens with two attached hydrogens (primary N) is 1. The number of halogens is 2. The molecule has 4 aliphatic rings. The van der Waals surface area contributed by atoms with Crippen LogP contribution in [0.3, 0.4) is 0 Å². The standard InChI is InChI=1S/C30H38F2N2O5/c1-16-11-20-21-14-23(31)22-13-19(35)9-10-27(22,2)29(21,32)24(36)15-28(20,3)30(16,26(38)34(4)5)39-25(37)17-7-6-8-18(33)12-17/h6-10,12-13,16,19-21,23-24,35-36H,11,14-15,33H2,1-5H3/t16-,19?,20+,21+,23+,24+,27+,28+,29+,30+/m1/s1. The first-order chi connectivity index (χ1) is 18.1. The molecule has 0 aliphatic heterocycles. The number of aliphatic hydroxyl groups excluding tert-OH is 2. The molecule has 39 heavy (non-hydrogen) atoms. The van der Waals surface area contributed by atoms with Crippen LogP contribution in [0.2, 0.25) is 0 Å². The molecule has 1 aromatic rings. The zero-order valence-electron chi connectivity index (χ0n) is 23.0. The fourth-order valence-corrected chi connectivity index (χ4v) is 8.56.